The van der Waals surface area contributed by atoms with Crippen LogP contribution in [0.15, 0.2) is 29.3 Å². The Morgan fingerprint density at radius 2 is 1.98 bits per heavy atom. The molecule has 14 nitrogen and oxygen atoms in total. The number of piperidine rings is 1. The molecule has 3 aliphatic rings. The molecular weight excluding hydrogens is 658 g/mol. The molecule has 2 saturated heterocycles. The van der Waals surface area contributed by atoms with Gasteiger partial charge in [0.05, 0.1) is 23.0 Å². The normalized spacial score (nSPS) is 23.2. The van der Waals surface area contributed by atoms with Gasteiger partial charge in [-0.15, -0.1) is 11.3 Å². The molecule has 4 aromatic rings. The number of nitrogens with zero attached hydrogens (tertiary/aromatic N) is 8. The Morgan fingerprint density at radius 3 is 2.71 bits per heavy atom. The molecule has 7 rings (SSSR count). The van der Waals surface area contributed by atoms with E-state index in [9.17, 15) is 18.4 Å². The molecule has 6 heterocycles. The van der Waals surface area contributed by atoms with Crippen LogP contribution in [-0.4, -0.2) is 97.1 Å². The summed E-state index contributed by atoms with van der Waals surface area (Å²) in [6.07, 6.45) is 5.06. The summed E-state index contributed by atoms with van der Waals surface area (Å²) >= 11 is 1.26. The van der Waals surface area contributed by atoms with Gasteiger partial charge in [0, 0.05) is 43.9 Å². The van der Waals surface area contributed by atoms with E-state index in [-0.39, 0.29) is 18.0 Å². The van der Waals surface area contributed by atoms with Crippen LogP contribution in [-0.2, 0) is 11.3 Å². The summed E-state index contributed by atoms with van der Waals surface area (Å²) in [6.45, 7) is 3.97. The third kappa shape index (κ3) is 6.83. The predicted octanol–water partition coefficient (Wildman–Crippen LogP) is 3.11. The fraction of sp³-hybridized carbons (Fsp3) is 0.562. The van der Waals surface area contributed by atoms with Crippen LogP contribution in [0.25, 0.3) is 16.9 Å². The molecule has 2 aliphatic heterocycles. The van der Waals surface area contributed by atoms with E-state index in [4.69, 9.17) is 20.9 Å². The number of carbonyl (C=O) groups is 1. The summed E-state index contributed by atoms with van der Waals surface area (Å²) < 4.78 is 40.9. The van der Waals surface area contributed by atoms with Crippen LogP contribution in [0, 0.1) is 6.92 Å². The maximum atomic E-state index is 13.2. The highest BCUT2D eigenvalue weighted by Crippen LogP contribution is 2.38. The van der Waals surface area contributed by atoms with E-state index in [0.29, 0.717) is 46.4 Å². The van der Waals surface area contributed by atoms with E-state index in [1.54, 1.807) is 4.52 Å². The lowest BCUT2D eigenvalue weighted by Gasteiger charge is -2.47. The number of nitrogen functional groups attached to an aromatic ring is 1. The number of thiazole rings is 1. The number of alkyl halides is 2. The SMILES string of the molecule is Cc1nc(OC2CCC(N(C3CCOC3)[C@@H]3CCCN(c4cc(-c5ccc(=O)n(CC(F)F)n5)n5ncnc(N)c45)C3)CC2)c(C(N)=O)s1. The zero-order valence-corrected chi connectivity index (χ0v) is 28.0. The van der Waals surface area contributed by atoms with Crippen molar-refractivity contribution in [3.8, 4) is 17.3 Å². The minimum atomic E-state index is -2.73. The Kier molecular flexibility index (Phi) is 9.48. The average molecular weight is 699 g/mol. The largest absolute Gasteiger partial charge is 0.473 e. The molecule has 1 amide bonds. The summed E-state index contributed by atoms with van der Waals surface area (Å²) in [4.78, 5) is 38.2. The van der Waals surface area contributed by atoms with Gasteiger partial charge in [-0.1, -0.05) is 0 Å². The van der Waals surface area contributed by atoms with Crippen molar-refractivity contribution in [1.29, 1.82) is 0 Å². The topological polar surface area (TPSA) is 172 Å². The van der Waals surface area contributed by atoms with Crippen LogP contribution in [0.1, 0.15) is 59.6 Å². The third-order valence-electron chi connectivity index (χ3n) is 9.76. The maximum absolute atomic E-state index is 13.2. The van der Waals surface area contributed by atoms with Crippen molar-refractivity contribution in [2.45, 2.75) is 89.1 Å². The second kappa shape index (κ2) is 14.0. The molecule has 1 saturated carbocycles. The number of aromatic nitrogens is 6. The standard InChI is InChI=1S/C32H40F2N10O4S/c1-18-39-32(29(49-18)31(36)46)48-22-6-4-19(5-7-22)43(21-10-12-47-16-21)20-3-2-11-41(14-20)25-13-24(44-28(25)30(35)37-17-38-44)23-8-9-27(45)42(40-23)15-26(33)34/h8-9,13,17,19-22,26H,2-7,10-12,14-16H2,1H3,(H2,36,46)(H2,35,37,38)/t19?,20-,21?,22?/m1/s1. The summed E-state index contributed by atoms with van der Waals surface area (Å²) in [5.74, 6) is 0.105. The van der Waals surface area contributed by atoms with E-state index in [0.717, 1.165) is 80.0 Å². The molecule has 0 spiro atoms. The van der Waals surface area contributed by atoms with Crippen LogP contribution in [0.4, 0.5) is 20.3 Å². The van der Waals surface area contributed by atoms with Gasteiger partial charge < -0.3 is 25.8 Å². The van der Waals surface area contributed by atoms with Gasteiger partial charge in [0.25, 0.3) is 17.9 Å². The zero-order chi connectivity index (χ0) is 34.2. The molecule has 262 valence electrons. The predicted molar refractivity (Wildman–Crippen MR) is 179 cm³/mol. The van der Waals surface area contributed by atoms with Gasteiger partial charge in [0.1, 0.15) is 30.2 Å². The minimum Gasteiger partial charge on any atom is -0.473 e. The molecule has 1 unspecified atom stereocenters. The van der Waals surface area contributed by atoms with Gasteiger partial charge in [-0.05, 0) is 64.0 Å². The van der Waals surface area contributed by atoms with Crippen molar-refractivity contribution >= 4 is 34.3 Å². The van der Waals surface area contributed by atoms with E-state index >= 15 is 0 Å². The van der Waals surface area contributed by atoms with Gasteiger partial charge in [-0.2, -0.15) is 10.2 Å². The number of nitrogens with two attached hydrogens (primary N) is 2. The maximum Gasteiger partial charge on any atom is 0.266 e. The van der Waals surface area contributed by atoms with E-state index in [1.165, 1.54) is 29.8 Å². The van der Waals surface area contributed by atoms with Gasteiger partial charge >= 0.3 is 0 Å². The molecule has 0 radical (unpaired) electrons. The fourth-order valence-electron chi connectivity index (χ4n) is 7.65. The summed E-state index contributed by atoms with van der Waals surface area (Å²) in [5, 5.41) is 9.44. The number of ether oxygens (including phenoxy) is 2. The number of amides is 1. The van der Waals surface area contributed by atoms with Crippen LogP contribution >= 0.6 is 11.3 Å². The first-order valence-electron chi connectivity index (χ1n) is 16.7. The second-order valence-electron chi connectivity index (χ2n) is 12.9. The lowest BCUT2D eigenvalue weighted by molar-refractivity contribution is 0.0196. The molecule has 4 N–H and O–H groups in total. The molecule has 49 heavy (non-hydrogen) atoms. The number of halogens is 2. The Morgan fingerprint density at radius 1 is 1.16 bits per heavy atom. The lowest BCUT2D eigenvalue weighted by Crippen LogP contribution is -2.57. The number of hydrogen-bond donors (Lipinski definition) is 2. The second-order valence-corrected chi connectivity index (χ2v) is 14.1. The molecule has 2 atom stereocenters. The highest BCUT2D eigenvalue weighted by atomic mass is 32.1. The van der Waals surface area contributed by atoms with E-state index < -0.39 is 24.4 Å². The van der Waals surface area contributed by atoms with Crippen molar-refractivity contribution < 1.29 is 23.0 Å². The fourth-order valence-corrected chi connectivity index (χ4v) is 8.36. The first-order valence-corrected chi connectivity index (χ1v) is 17.5. The number of hydrogen-bond acceptors (Lipinski definition) is 12. The van der Waals surface area contributed by atoms with Crippen LogP contribution in [0.2, 0.25) is 0 Å². The Hall–Kier alpha value is -4.22. The van der Waals surface area contributed by atoms with Crippen molar-refractivity contribution in [2.75, 3.05) is 36.9 Å². The van der Waals surface area contributed by atoms with Crippen LogP contribution in [0.3, 0.4) is 0 Å². The number of aryl methyl sites for hydroxylation is 1. The highest BCUT2D eigenvalue weighted by Gasteiger charge is 2.39. The molecule has 0 aromatic carbocycles. The minimum absolute atomic E-state index is 0.0434. The number of rotatable bonds is 10. The monoisotopic (exact) mass is 698 g/mol. The smallest absolute Gasteiger partial charge is 0.266 e. The average Bonchev–Trinajstić information content (AvgIpc) is 3.83. The Balaban J connectivity index is 1.13. The summed E-state index contributed by atoms with van der Waals surface area (Å²) in [7, 11) is 0. The van der Waals surface area contributed by atoms with Crippen molar-refractivity contribution in [1.82, 2.24) is 34.3 Å². The molecule has 3 fully saturated rings. The molecule has 0 bridgehead atoms. The van der Waals surface area contributed by atoms with Crippen molar-refractivity contribution in [3.63, 3.8) is 0 Å². The first-order chi connectivity index (χ1) is 23.7. The summed E-state index contributed by atoms with van der Waals surface area (Å²) in [6, 6.07) is 5.53. The summed E-state index contributed by atoms with van der Waals surface area (Å²) in [5.41, 5.74) is 13.7. The van der Waals surface area contributed by atoms with E-state index in [1.807, 2.05) is 13.0 Å². The quantitative estimate of drug-likeness (QED) is 0.249. The first kappa shape index (κ1) is 33.3. The molecule has 4 aromatic heterocycles. The number of fused-ring (bicyclic) bond motifs is 1. The number of anilines is 2. The molecular formula is C32H40F2N10O4S. The number of carbonyl (C=O) groups excluding carboxylic acids is 1. The van der Waals surface area contributed by atoms with E-state index in [2.05, 4.69) is 30.0 Å². The van der Waals surface area contributed by atoms with Gasteiger partial charge in [0.2, 0.25) is 5.88 Å². The van der Waals surface area contributed by atoms with Gasteiger partial charge in [-0.25, -0.2) is 27.9 Å². The molecule has 17 heteroatoms. The van der Waals surface area contributed by atoms with Gasteiger partial charge in [-0.3, -0.25) is 14.5 Å². The van der Waals surface area contributed by atoms with Crippen molar-refractivity contribution in [3.05, 3.63) is 44.8 Å². The lowest BCUT2D eigenvalue weighted by atomic mass is 9.88. The Bertz CT molecular complexity index is 1870. The van der Waals surface area contributed by atoms with Crippen LogP contribution < -0.4 is 26.7 Å². The molecule has 1 aliphatic carbocycles. The van der Waals surface area contributed by atoms with Crippen molar-refractivity contribution in [2.24, 2.45) is 5.73 Å². The Labute approximate surface area is 285 Å². The number of primary amides is 1. The van der Waals surface area contributed by atoms with Crippen LogP contribution in [0.5, 0.6) is 5.88 Å². The zero-order valence-electron chi connectivity index (χ0n) is 27.2. The van der Waals surface area contributed by atoms with Gasteiger partial charge in [0.15, 0.2) is 10.7 Å². The highest BCUT2D eigenvalue weighted by molar-refractivity contribution is 7.13. The third-order valence-corrected chi connectivity index (χ3v) is 10.7.